The minimum Gasteiger partial charge on any atom is -0.458 e. The maximum atomic E-state index is 12.7. The summed E-state index contributed by atoms with van der Waals surface area (Å²) < 4.78 is 131. The zero-order chi connectivity index (χ0) is 20.6. The average Bonchev–Trinajstić information content (AvgIpc) is 2.46. The molecule has 1 fully saturated rings. The van der Waals surface area contributed by atoms with Crippen LogP contribution in [0.2, 0.25) is 0 Å². The molecule has 0 aromatic rings. The molecule has 0 spiro atoms. The second kappa shape index (κ2) is 7.10. The minimum absolute atomic E-state index is 0.477. The molecule has 0 radical (unpaired) electrons. The zero-order valence-electron chi connectivity index (χ0n) is 12.4. The van der Waals surface area contributed by atoms with E-state index in [0.717, 1.165) is 0 Å². The highest BCUT2D eigenvalue weighted by atomic mass is 19.4. The van der Waals surface area contributed by atoms with Crippen LogP contribution in [0.25, 0.3) is 0 Å². The van der Waals surface area contributed by atoms with Crippen LogP contribution in [0, 0.1) is 0 Å². The molecule has 1 rings (SSSR count). The molecule has 0 N–H and O–H groups in total. The highest BCUT2D eigenvalue weighted by Gasteiger charge is 2.66. The Morgan fingerprint density at radius 2 is 0.808 bits per heavy atom. The summed E-state index contributed by atoms with van der Waals surface area (Å²) in [5, 5.41) is 0. The molecule has 0 amide bonds. The minimum atomic E-state index is -6.18. The van der Waals surface area contributed by atoms with Crippen molar-refractivity contribution in [3.63, 3.8) is 0 Å². The molecule has 1 saturated carbocycles. The van der Waals surface area contributed by atoms with E-state index in [-0.39, 0.29) is 0 Å². The topological polar surface area (TPSA) is 52.6 Å². The van der Waals surface area contributed by atoms with Gasteiger partial charge in [-0.2, -0.15) is 43.9 Å². The normalized spacial score (nSPS) is 22.7. The van der Waals surface area contributed by atoms with Crippen molar-refractivity contribution in [1.82, 2.24) is 0 Å². The molecule has 14 heteroatoms. The van der Waals surface area contributed by atoms with Gasteiger partial charge in [0.25, 0.3) is 0 Å². The SMILES string of the molecule is O=C(OC1CCC(OC(=O)C(F)(F)C(F)(F)F)CC1)C(F)(F)C(F)(F)F. The summed E-state index contributed by atoms with van der Waals surface area (Å²) in [5.74, 6) is -17.3. The van der Waals surface area contributed by atoms with Gasteiger partial charge in [0, 0.05) is 0 Å². The van der Waals surface area contributed by atoms with Crippen LogP contribution < -0.4 is 0 Å². The molecule has 0 aromatic heterocycles. The summed E-state index contributed by atoms with van der Waals surface area (Å²) in [6.45, 7) is 0. The van der Waals surface area contributed by atoms with Gasteiger partial charge in [-0.1, -0.05) is 0 Å². The van der Waals surface area contributed by atoms with E-state index in [1.165, 1.54) is 0 Å². The van der Waals surface area contributed by atoms with Crippen LogP contribution in [0.3, 0.4) is 0 Å². The number of hydrogen-bond donors (Lipinski definition) is 0. The quantitative estimate of drug-likeness (QED) is 0.525. The van der Waals surface area contributed by atoms with Crippen LogP contribution in [0.15, 0.2) is 0 Å². The van der Waals surface area contributed by atoms with E-state index in [1.54, 1.807) is 0 Å². The monoisotopic (exact) mass is 408 g/mol. The molecular weight excluding hydrogens is 398 g/mol. The smallest absolute Gasteiger partial charge is 0.458 e. The van der Waals surface area contributed by atoms with Gasteiger partial charge in [-0.05, 0) is 25.7 Å². The van der Waals surface area contributed by atoms with Crippen molar-refractivity contribution in [2.45, 2.75) is 62.1 Å². The molecule has 0 heterocycles. The van der Waals surface area contributed by atoms with E-state index < -0.39 is 74.0 Å². The van der Waals surface area contributed by atoms with Gasteiger partial charge in [-0.3, -0.25) is 0 Å². The molecule has 0 aromatic carbocycles. The molecule has 0 saturated heterocycles. The summed E-state index contributed by atoms with van der Waals surface area (Å²) in [7, 11) is 0. The van der Waals surface area contributed by atoms with Crippen molar-refractivity contribution in [2.24, 2.45) is 0 Å². The average molecular weight is 408 g/mol. The van der Waals surface area contributed by atoms with Gasteiger partial charge in [0.1, 0.15) is 12.2 Å². The van der Waals surface area contributed by atoms with Crippen molar-refractivity contribution < 1.29 is 63.0 Å². The Hall–Kier alpha value is -1.76. The summed E-state index contributed by atoms with van der Waals surface area (Å²) in [5.41, 5.74) is 0. The first kappa shape index (κ1) is 22.3. The van der Waals surface area contributed by atoms with Crippen LogP contribution in [0.1, 0.15) is 25.7 Å². The number of carbonyl (C=O) groups excluding carboxylic acids is 2. The van der Waals surface area contributed by atoms with Gasteiger partial charge in [0.05, 0.1) is 0 Å². The van der Waals surface area contributed by atoms with Crippen LogP contribution in [0.5, 0.6) is 0 Å². The summed E-state index contributed by atoms with van der Waals surface area (Å²) >= 11 is 0. The Balaban J connectivity index is 2.56. The summed E-state index contributed by atoms with van der Waals surface area (Å²) in [4.78, 5) is 21.8. The second-order valence-corrected chi connectivity index (χ2v) is 5.35. The Bertz CT molecular complexity index is 483. The largest absolute Gasteiger partial charge is 0.465 e. The van der Waals surface area contributed by atoms with Crippen LogP contribution in [0.4, 0.5) is 43.9 Å². The highest BCUT2D eigenvalue weighted by molar-refractivity contribution is 5.79. The maximum absolute atomic E-state index is 12.7. The molecular formula is C12H10F10O4. The van der Waals surface area contributed by atoms with E-state index in [1.807, 2.05) is 0 Å². The molecule has 0 bridgehead atoms. The van der Waals surface area contributed by atoms with Crippen molar-refractivity contribution in [3.8, 4) is 0 Å². The Morgan fingerprint density at radius 3 is 1.00 bits per heavy atom. The number of rotatable bonds is 4. The fraction of sp³-hybridized carbons (Fsp3) is 0.833. The highest BCUT2D eigenvalue weighted by Crippen LogP contribution is 2.39. The maximum Gasteiger partial charge on any atom is 0.465 e. The van der Waals surface area contributed by atoms with Gasteiger partial charge in [0.15, 0.2) is 0 Å². The lowest BCUT2D eigenvalue weighted by Gasteiger charge is -2.30. The van der Waals surface area contributed by atoms with E-state index in [0.29, 0.717) is 0 Å². The van der Waals surface area contributed by atoms with E-state index in [9.17, 15) is 53.5 Å². The number of carbonyl (C=O) groups is 2. The first-order valence-electron chi connectivity index (χ1n) is 6.81. The van der Waals surface area contributed by atoms with Gasteiger partial charge in [-0.15, -0.1) is 0 Å². The fourth-order valence-electron chi connectivity index (χ4n) is 1.95. The predicted octanol–water partition coefficient (Wildman–Crippen LogP) is 3.78. The number of ether oxygens (including phenoxy) is 2. The Kier molecular flexibility index (Phi) is 6.08. The molecule has 0 atom stereocenters. The van der Waals surface area contributed by atoms with Crippen molar-refractivity contribution in [3.05, 3.63) is 0 Å². The van der Waals surface area contributed by atoms with Crippen LogP contribution in [-0.2, 0) is 19.1 Å². The molecule has 1 aliphatic carbocycles. The van der Waals surface area contributed by atoms with E-state index in [4.69, 9.17) is 0 Å². The third-order valence-electron chi connectivity index (χ3n) is 3.39. The first-order chi connectivity index (χ1) is 11.5. The number of halogens is 10. The lowest BCUT2D eigenvalue weighted by atomic mass is 9.95. The Labute approximate surface area is 138 Å². The summed E-state index contributed by atoms with van der Waals surface area (Å²) in [6, 6.07) is 0. The summed E-state index contributed by atoms with van der Waals surface area (Å²) in [6.07, 6.45) is -17.2. The van der Waals surface area contributed by atoms with Crippen molar-refractivity contribution >= 4 is 11.9 Å². The lowest BCUT2D eigenvalue weighted by Crippen LogP contribution is -2.48. The third-order valence-corrected chi connectivity index (χ3v) is 3.39. The molecule has 4 nitrogen and oxygen atoms in total. The first-order valence-corrected chi connectivity index (χ1v) is 6.81. The molecule has 0 unspecified atom stereocenters. The Morgan fingerprint density at radius 1 is 0.577 bits per heavy atom. The van der Waals surface area contributed by atoms with E-state index >= 15 is 0 Å². The number of esters is 2. The van der Waals surface area contributed by atoms with Crippen LogP contribution in [-0.4, -0.2) is 48.3 Å². The fourth-order valence-corrected chi connectivity index (χ4v) is 1.95. The molecule has 1 aliphatic rings. The van der Waals surface area contributed by atoms with Crippen molar-refractivity contribution in [1.29, 1.82) is 0 Å². The van der Waals surface area contributed by atoms with E-state index in [2.05, 4.69) is 9.47 Å². The third kappa shape index (κ3) is 4.69. The van der Waals surface area contributed by atoms with Gasteiger partial charge in [0.2, 0.25) is 0 Å². The van der Waals surface area contributed by atoms with Gasteiger partial charge >= 0.3 is 36.1 Å². The number of alkyl halides is 10. The molecule has 0 aliphatic heterocycles. The van der Waals surface area contributed by atoms with Crippen molar-refractivity contribution in [2.75, 3.05) is 0 Å². The van der Waals surface area contributed by atoms with Gasteiger partial charge < -0.3 is 9.47 Å². The molecule has 26 heavy (non-hydrogen) atoms. The predicted molar refractivity (Wildman–Crippen MR) is 60.2 cm³/mol. The zero-order valence-corrected chi connectivity index (χ0v) is 12.4. The number of hydrogen-bond acceptors (Lipinski definition) is 4. The molecule has 152 valence electrons. The van der Waals surface area contributed by atoms with Crippen LogP contribution >= 0.6 is 0 Å². The second-order valence-electron chi connectivity index (χ2n) is 5.35. The standard InChI is InChI=1S/C12H10F10O4/c13-9(14,11(17,18)19)7(23)25-5-1-2-6(4-3-5)26-8(24)10(15,16)12(20,21)22/h5-6H,1-4H2. The lowest BCUT2D eigenvalue weighted by molar-refractivity contribution is -0.285. The van der Waals surface area contributed by atoms with Gasteiger partial charge in [-0.25, -0.2) is 9.59 Å².